The van der Waals surface area contributed by atoms with E-state index in [2.05, 4.69) is 18.7 Å². The maximum Gasteiger partial charge on any atom is 0.255 e. The zero-order valence-corrected chi connectivity index (χ0v) is 13.8. The number of hydrogen-bond donors (Lipinski definition) is 1. The minimum absolute atomic E-state index is 0.0220. The number of rotatable bonds is 6. The topological polar surface area (TPSA) is 43.8 Å². The summed E-state index contributed by atoms with van der Waals surface area (Å²) in [6, 6.07) is 0. The predicted octanol–water partition coefficient (Wildman–Crippen LogP) is 2.26. The number of likely N-dealkylation sites (tertiary alicyclic amines) is 1. The predicted molar refractivity (Wildman–Crippen MR) is 85.1 cm³/mol. The Morgan fingerprint density at radius 2 is 1.86 bits per heavy atom. The molecule has 0 radical (unpaired) electrons. The zero-order chi connectivity index (χ0) is 15.3. The minimum Gasteiger partial charge on any atom is -0.379 e. The summed E-state index contributed by atoms with van der Waals surface area (Å²) in [4.78, 5) is 16.8. The fourth-order valence-electron chi connectivity index (χ4n) is 3.88. The van der Waals surface area contributed by atoms with Gasteiger partial charge in [0.2, 0.25) is 0 Å². The first kappa shape index (κ1) is 16.8. The summed E-state index contributed by atoms with van der Waals surface area (Å²) in [5, 5.41) is 10.8. The Bertz CT molecular complexity index is 338. The van der Waals surface area contributed by atoms with Crippen LogP contribution in [0.15, 0.2) is 0 Å². The Hall–Kier alpha value is -0.610. The summed E-state index contributed by atoms with van der Waals surface area (Å²) in [6.07, 6.45) is 7.99. The SMILES string of the molecule is CCN(CC)C[C@@]1(O)CCCN(CC2CCCCC2)C1=O. The lowest BCUT2D eigenvalue weighted by molar-refractivity contribution is -0.160. The number of likely N-dealkylation sites (N-methyl/N-ethyl adjacent to an activating group) is 1. The van der Waals surface area contributed by atoms with Crippen molar-refractivity contribution in [3.63, 3.8) is 0 Å². The van der Waals surface area contributed by atoms with Gasteiger partial charge in [-0.25, -0.2) is 0 Å². The summed E-state index contributed by atoms with van der Waals surface area (Å²) >= 11 is 0. The summed E-state index contributed by atoms with van der Waals surface area (Å²) in [5.74, 6) is 0.629. The number of nitrogens with zero attached hydrogens (tertiary/aromatic N) is 2. The van der Waals surface area contributed by atoms with E-state index in [0.29, 0.717) is 18.9 Å². The molecule has 1 aliphatic carbocycles. The van der Waals surface area contributed by atoms with E-state index in [0.717, 1.165) is 32.6 Å². The van der Waals surface area contributed by atoms with E-state index in [1.807, 2.05) is 4.90 Å². The lowest BCUT2D eigenvalue weighted by Crippen LogP contribution is -2.59. The third-order valence-corrected chi connectivity index (χ3v) is 5.29. The molecular formula is C17H32N2O2. The van der Waals surface area contributed by atoms with Crippen LogP contribution in [0.2, 0.25) is 0 Å². The average Bonchev–Trinajstić information content (AvgIpc) is 2.51. The second-order valence-corrected chi connectivity index (χ2v) is 6.85. The van der Waals surface area contributed by atoms with Gasteiger partial charge in [0.15, 0.2) is 5.60 Å². The highest BCUT2D eigenvalue weighted by Crippen LogP contribution is 2.29. The fourth-order valence-corrected chi connectivity index (χ4v) is 3.88. The van der Waals surface area contributed by atoms with E-state index < -0.39 is 5.60 Å². The Labute approximate surface area is 129 Å². The summed E-state index contributed by atoms with van der Waals surface area (Å²) < 4.78 is 0. The van der Waals surface area contributed by atoms with Gasteiger partial charge in [-0.15, -0.1) is 0 Å². The smallest absolute Gasteiger partial charge is 0.255 e. The van der Waals surface area contributed by atoms with Crippen molar-refractivity contribution in [2.45, 2.75) is 64.4 Å². The number of hydrogen-bond acceptors (Lipinski definition) is 3. The van der Waals surface area contributed by atoms with Crippen LogP contribution >= 0.6 is 0 Å². The second-order valence-electron chi connectivity index (χ2n) is 6.85. The highest BCUT2D eigenvalue weighted by atomic mass is 16.3. The van der Waals surface area contributed by atoms with E-state index in [1.54, 1.807) is 0 Å². The van der Waals surface area contributed by atoms with Crippen LogP contribution in [0.5, 0.6) is 0 Å². The molecule has 122 valence electrons. The Balaban J connectivity index is 1.95. The molecule has 1 N–H and O–H groups in total. The highest BCUT2D eigenvalue weighted by molar-refractivity contribution is 5.86. The molecule has 1 aliphatic heterocycles. The van der Waals surface area contributed by atoms with Gasteiger partial charge >= 0.3 is 0 Å². The molecule has 0 spiro atoms. The Morgan fingerprint density at radius 1 is 1.19 bits per heavy atom. The number of carbonyl (C=O) groups excluding carboxylic acids is 1. The van der Waals surface area contributed by atoms with Gasteiger partial charge in [0, 0.05) is 19.6 Å². The highest BCUT2D eigenvalue weighted by Gasteiger charge is 2.43. The van der Waals surface area contributed by atoms with Crippen molar-refractivity contribution >= 4 is 5.91 Å². The summed E-state index contributed by atoms with van der Waals surface area (Å²) in [7, 11) is 0. The number of carbonyl (C=O) groups is 1. The second kappa shape index (κ2) is 7.59. The molecule has 1 amide bonds. The van der Waals surface area contributed by atoms with Gasteiger partial charge in [0.1, 0.15) is 0 Å². The zero-order valence-electron chi connectivity index (χ0n) is 13.8. The molecule has 0 aromatic heterocycles. The Kier molecular flexibility index (Phi) is 6.06. The van der Waals surface area contributed by atoms with Gasteiger partial charge in [0.25, 0.3) is 5.91 Å². The molecule has 1 heterocycles. The molecule has 2 rings (SSSR count). The van der Waals surface area contributed by atoms with Crippen molar-refractivity contribution in [1.29, 1.82) is 0 Å². The van der Waals surface area contributed by atoms with Crippen molar-refractivity contribution in [2.24, 2.45) is 5.92 Å². The molecular weight excluding hydrogens is 264 g/mol. The van der Waals surface area contributed by atoms with Gasteiger partial charge in [0.05, 0.1) is 0 Å². The molecule has 0 bridgehead atoms. The van der Waals surface area contributed by atoms with Crippen molar-refractivity contribution in [3.8, 4) is 0 Å². The van der Waals surface area contributed by atoms with E-state index >= 15 is 0 Å². The maximum atomic E-state index is 12.7. The monoisotopic (exact) mass is 296 g/mol. The number of amides is 1. The standard InChI is InChI=1S/C17H32N2O2/c1-3-18(4-2)14-17(21)11-8-12-19(16(17)20)13-15-9-6-5-7-10-15/h15,21H,3-14H2,1-2H3/t17-/m0/s1. The van der Waals surface area contributed by atoms with Gasteiger partial charge < -0.3 is 14.9 Å². The largest absolute Gasteiger partial charge is 0.379 e. The van der Waals surface area contributed by atoms with Crippen LogP contribution in [-0.4, -0.2) is 59.1 Å². The molecule has 1 saturated carbocycles. The molecule has 0 aromatic carbocycles. The van der Waals surface area contributed by atoms with Crippen LogP contribution in [-0.2, 0) is 4.79 Å². The molecule has 2 fully saturated rings. The first-order valence-electron chi connectivity index (χ1n) is 8.83. The third-order valence-electron chi connectivity index (χ3n) is 5.29. The molecule has 2 aliphatic rings. The van der Waals surface area contributed by atoms with Gasteiger partial charge in [-0.3, -0.25) is 4.79 Å². The quantitative estimate of drug-likeness (QED) is 0.817. The van der Waals surface area contributed by atoms with Gasteiger partial charge in [-0.05, 0) is 44.7 Å². The number of aliphatic hydroxyl groups is 1. The lowest BCUT2D eigenvalue weighted by Gasteiger charge is -2.42. The molecule has 21 heavy (non-hydrogen) atoms. The average molecular weight is 296 g/mol. The third kappa shape index (κ3) is 4.19. The summed E-state index contributed by atoms with van der Waals surface area (Å²) in [5.41, 5.74) is -1.15. The van der Waals surface area contributed by atoms with Crippen LogP contribution < -0.4 is 0 Å². The van der Waals surface area contributed by atoms with Crippen LogP contribution in [0.4, 0.5) is 0 Å². The minimum atomic E-state index is -1.15. The molecule has 1 saturated heterocycles. The van der Waals surface area contributed by atoms with E-state index in [9.17, 15) is 9.90 Å². The lowest BCUT2D eigenvalue weighted by atomic mass is 9.86. The van der Waals surface area contributed by atoms with E-state index in [-0.39, 0.29) is 5.91 Å². The van der Waals surface area contributed by atoms with Crippen molar-refractivity contribution in [1.82, 2.24) is 9.80 Å². The first-order valence-corrected chi connectivity index (χ1v) is 8.83. The maximum absolute atomic E-state index is 12.7. The molecule has 4 nitrogen and oxygen atoms in total. The van der Waals surface area contributed by atoms with Gasteiger partial charge in [-0.2, -0.15) is 0 Å². The van der Waals surface area contributed by atoms with Crippen LogP contribution in [0.25, 0.3) is 0 Å². The van der Waals surface area contributed by atoms with Crippen LogP contribution in [0.1, 0.15) is 58.8 Å². The van der Waals surface area contributed by atoms with Crippen molar-refractivity contribution in [2.75, 3.05) is 32.7 Å². The first-order chi connectivity index (χ1) is 10.1. The Morgan fingerprint density at radius 3 is 2.48 bits per heavy atom. The molecule has 0 aromatic rings. The number of piperidine rings is 1. The van der Waals surface area contributed by atoms with E-state index in [4.69, 9.17) is 0 Å². The molecule has 0 unspecified atom stereocenters. The fraction of sp³-hybridized carbons (Fsp3) is 0.941. The van der Waals surface area contributed by atoms with Crippen molar-refractivity contribution in [3.05, 3.63) is 0 Å². The van der Waals surface area contributed by atoms with E-state index in [1.165, 1.54) is 32.1 Å². The molecule has 1 atom stereocenters. The van der Waals surface area contributed by atoms with Crippen LogP contribution in [0.3, 0.4) is 0 Å². The van der Waals surface area contributed by atoms with Gasteiger partial charge in [-0.1, -0.05) is 33.1 Å². The normalized spacial score (nSPS) is 28.4. The van der Waals surface area contributed by atoms with Crippen LogP contribution in [0, 0.1) is 5.92 Å². The summed E-state index contributed by atoms with van der Waals surface area (Å²) in [6.45, 7) is 8.11. The van der Waals surface area contributed by atoms with Crippen molar-refractivity contribution < 1.29 is 9.90 Å². The molecule has 4 heteroatoms.